The number of carbonyl (C=O) groups excluding carboxylic acids is 1. The van der Waals surface area contributed by atoms with E-state index in [0.717, 1.165) is 0 Å². The second-order valence-electron chi connectivity index (χ2n) is 4.13. The van der Waals surface area contributed by atoms with E-state index in [2.05, 4.69) is 5.32 Å². The number of halogens is 4. The van der Waals surface area contributed by atoms with Gasteiger partial charge in [-0.1, -0.05) is 0 Å². The molecule has 0 saturated carbocycles. The number of aliphatic hydroxyl groups is 1. The van der Waals surface area contributed by atoms with Crippen LogP contribution in [0.2, 0.25) is 0 Å². The molecule has 1 aromatic carbocycles. The van der Waals surface area contributed by atoms with Crippen LogP contribution < -0.4 is 5.32 Å². The molecule has 0 saturated heterocycles. The molecule has 2 rings (SSSR count). The van der Waals surface area contributed by atoms with Crippen molar-refractivity contribution in [3.63, 3.8) is 0 Å². The lowest BCUT2D eigenvalue weighted by molar-refractivity contribution is 0.0910. The molecule has 0 radical (unpaired) electrons. The fourth-order valence-corrected chi connectivity index (χ4v) is 2.31. The molecule has 0 bridgehead atoms. The summed E-state index contributed by atoms with van der Waals surface area (Å²) in [5.41, 5.74) is -0.429. The zero-order valence-corrected chi connectivity index (χ0v) is 11.2. The van der Waals surface area contributed by atoms with E-state index in [0.29, 0.717) is 5.56 Å². The predicted octanol–water partition coefficient (Wildman–Crippen LogP) is 2.77. The first-order valence-corrected chi connectivity index (χ1v) is 6.67. The molecular formula is C13H9F4NO2S. The highest BCUT2D eigenvalue weighted by Gasteiger charge is 2.23. The highest BCUT2D eigenvalue weighted by molar-refractivity contribution is 7.07. The Balaban J connectivity index is 2.11. The lowest BCUT2D eigenvalue weighted by Gasteiger charge is -2.11. The van der Waals surface area contributed by atoms with Crippen molar-refractivity contribution in [1.29, 1.82) is 0 Å². The number of amides is 1. The number of hydrogen-bond acceptors (Lipinski definition) is 3. The highest BCUT2D eigenvalue weighted by atomic mass is 32.1. The van der Waals surface area contributed by atoms with Gasteiger partial charge in [0.15, 0.2) is 23.3 Å². The number of rotatable bonds is 4. The smallest absolute Gasteiger partial charge is 0.254 e. The number of benzene rings is 1. The SMILES string of the molecule is O=C(NCC(O)c1ccsc1)c1cc(F)c(F)c(F)c1F. The van der Waals surface area contributed by atoms with E-state index in [1.807, 2.05) is 0 Å². The number of aliphatic hydroxyl groups excluding tert-OH is 1. The van der Waals surface area contributed by atoms with Gasteiger partial charge in [-0.25, -0.2) is 17.6 Å². The van der Waals surface area contributed by atoms with Crippen molar-refractivity contribution < 1.29 is 27.5 Å². The molecule has 0 aliphatic carbocycles. The molecule has 2 aromatic rings. The van der Waals surface area contributed by atoms with Crippen molar-refractivity contribution in [1.82, 2.24) is 5.32 Å². The molecule has 112 valence electrons. The summed E-state index contributed by atoms with van der Waals surface area (Å²) < 4.78 is 52.2. The van der Waals surface area contributed by atoms with Crippen LogP contribution in [0, 0.1) is 23.3 Å². The Morgan fingerprint density at radius 1 is 1.24 bits per heavy atom. The second kappa shape index (κ2) is 6.23. The van der Waals surface area contributed by atoms with Gasteiger partial charge in [0.05, 0.1) is 11.7 Å². The summed E-state index contributed by atoms with van der Waals surface area (Å²) in [6, 6.07) is 1.89. The Kier molecular flexibility index (Phi) is 4.59. The van der Waals surface area contributed by atoms with Crippen LogP contribution in [0.5, 0.6) is 0 Å². The van der Waals surface area contributed by atoms with E-state index in [9.17, 15) is 27.5 Å². The Hall–Kier alpha value is -1.93. The summed E-state index contributed by atoms with van der Waals surface area (Å²) >= 11 is 1.33. The molecule has 1 unspecified atom stereocenters. The third-order valence-electron chi connectivity index (χ3n) is 2.73. The molecule has 1 heterocycles. The monoisotopic (exact) mass is 319 g/mol. The van der Waals surface area contributed by atoms with Crippen LogP contribution in [0.1, 0.15) is 22.0 Å². The van der Waals surface area contributed by atoms with Gasteiger partial charge in [0, 0.05) is 6.54 Å². The first-order chi connectivity index (χ1) is 9.91. The largest absolute Gasteiger partial charge is 0.387 e. The molecule has 0 spiro atoms. The number of thiophene rings is 1. The second-order valence-corrected chi connectivity index (χ2v) is 4.91. The van der Waals surface area contributed by atoms with Crippen molar-refractivity contribution in [3.05, 3.63) is 57.3 Å². The van der Waals surface area contributed by atoms with Crippen molar-refractivity contribution in [2.24, 2.45) is 0 Å². The summed E-state index contributed by atoms with van der Waals surface area (Å²) in [4.78, 5) is 11.6. The zero-order valence-electron chi connectivity index (χ0n) is 10.4. The molecule has 1 aromatic heterocycles. The molecule has 21 heavy (non-hydrogen) atoms. The van der Waals surface area contributed by atoms with Gasteiger partial charge in [-0.2, -0.15) is 11.3 Å². The van der Waals surface area contributed by atoms with E-state index >= 15 is 0 Å². The van der Waals surface area contributed by atoms with Crippen LogP contribution in [0.3, 0.4) is 0 Å². The summed E-state index contributed by atoms with van der Waals surface area (Å²) in [5, 5.41) is 15.2. The topological polar surface area (TPSA) is 49.3 Å². The molecule has 1 amide bonds. The van der Waals surface area contributed by atoms with Gasteiger partial charge >= 0.3 is 0 Å². The maximum Gasteiger partial charge on any atom is 0.254 e. The molecular weight excluding hydrogens is 310 g/mol. The summed E-state index contributed by atoms with van der Waals surface area (Å²) in [5.74, 6) is -8.64. The third-order valence-corrected chi connectivity index (χ3v) is 3.43. The van der Waals surface area contributed by atoms with E-state index in [-0.39, 0.29) is 12.6 Å². The van der Waals surface area contributed by atoms with Crippen LogP contribution in [0.25, 0.3) is 0 Å². The van der Waals surface area contributed by atoms with E-state index < -0.39 is 40.8 Å². The van der Waals surface area contributed by atoms with Gasteiger partial charge in [0.25, 0.3) is 5.91 Å². The van der Waals surface area contributed by atoms with E-state index in [1.54, 1.807) is 16.8 Å². The van der Waals surface area contributed by atoms with Crippen LogP contribution in [0.4, 0.5) is 17.6 Å². The summed E-state index contributed by atoms with van der Waals surface area (Å²) in [6.45, 7) is -0.282. The minimum Gasteiger partial charge on any atom is -0.387 e. The Bertz CT molecular complexity index is 661. The van der Waals surface area contributed by atoms with Gasteiger partial charge in [0.1, 0.15) is 0 Å². The number of hydrogen-bond donors (Lipinski definition) is 2. The standard InChI is InChI=1S/C13H9F4NO2S/c14-8-3-7(10(15)12(17)11(8)16)13(20)18-4-9(19)6-1-2-21-5-6/h1-3,5,9,19H,4H2,(H,18,20). The Morgan fingerprint density at radius 2 is 1.95 bits per heavy atom. The molecule has 0 aliphatic heterocycles. The maximum atomic E-state index is 13.4. The summed E-state index contributed by atoms with van der Waals surface area (Å²) in [6.07, 6.45) is -1.04. The number of carbonyl (C=O) groups is 1. The van der Waals surface area contributed by atoms with Crippen molar-refractivity contribution in [3.8, 4) is 0 Å². The molecule has 1 atom stereocenters. The van der Waals surface area contributed by atoms with Crippen LogP contribution in [-0.4, -0.2) is 17.6 Å². The third kappa shape index (κ3) is 3.22. The predicted molar refractivity (Wildman–Crippen MR) is 67.9 cm³/mol. The lowest BCUT2D eigenvalue weighted by atomic mass is 10.1. The number of nitrogens with one attached hydrogen (secondary N) is 1. The minimum absolute atomic E-state index is 0.264. The van der Waals surface area contributed by atoms with Gasteiger partial charge in [-0.3, -0.25) is 4.79 Å². The minimum atomic E-state index is -2.06. The Morgan fingerprint density at radius 3 is 2.57 bits per heavy atom. The first kappa shape index (κ1) is 15.5. The van der Waals surface area contributed by atoms with Crippen molar-refractivity contribution in [2.45, 2.75) is 6.10 Å². The van der Waals surface area contributed by atoms with Crippen LogP contribution in [0.15, 0.2) is 22.9 Å². The molecule has 0 fully saturated rings. The van der Waals surface area contributed by atoms with Gasteiger partial charge in [-0.15, -0.1) is 0 Å². The fourth-order valence-electron chi connectivity index (χ4n) is 1.61. The van der Waals surface area contributed by atoms with Gasteiger partial charge < -0.3 is 10.4 Å². The van der Waals surface area contributed by atoms with Crippen molar-refractivity contribution in [2.75, 3.05) is 6.54 Å². The van der Waals surface area contributed by atoms with Crippen LogP contribution in [-0.2, 0) is 0 Å². The molecule has 2 N–H and O–H groups in total. The molecule has 8 heteroatoms. The average molecular weight is 319 g/mol. The van der Waals surface area contributed by atoms with Gasteiger partial charge in [0.2, 0.25) is 0 Å². The van der Waals surface area contributed by atoms with E-state index in [4.69, 9.17) is 0 Å². The first-order valence-electron chi connectivity index (χ1n) is 5.73. The molecule has 0 aliphatic rings. The summed E-state index contributed by atoms with van der Waals surface area (Å²) in [7, 11) is 0. The van der Waals surface area contributed by atoms with Gasteiger partial charge in [-0.05, 0) is 28.5 Å². The quantitative estimate of drug-likeness (QED) is 0.517. The maximum absolute atomic E-state index is 13.4. The lowest BCUT2D eigenvalue weighted by Crippen LogP contribution is -2.29. The highest BCUT2D eigenvalue weighted by Crippen LogP contribution is 2.19. The van der Waals surface area contributed by atoms with Crippen molar-refractivity contribution >= 4 is 17.2 Å². The van der Waals surface area contributed by atoms with Crippen LogP contribution >= 0.6 is 11.3 Å². The fraction of sp³-hybridized carbons (Fsp3) is 0.154. The van der Waals surface area contributed by atoms with E-state index in [1.165, 1.54) is 11.3 Å². The average Bonchev–Trinajstić information content (AvgIpc) is 3.00. The Labute approximate surface area is 120 Å². The normalized spacial score (nSPS) is 12.2. The zero-order chi connectivity index (χ0) is 15.6. The molecule has 3 nitrogen and oxygen atoms in total.